The van der Waals surface area contributed by atoms with Crippen LogP contribution in [0.5, 0.6) is 0 Å². The third kappa shape index (κ3) is 4.02. The number of aromatic nitrogens is 2. The van der Waals surface area contributed by atoms with Crippen molar-refractivity contribution in [3.8, 4) is 0 Å². The number of piperidine rings is 1. The van der Waals surface area contributed by atoms with Gasteiger partial charge in [0.1, 0.15) is 4.90 Å². The van der Waals surface area contributed by atoms with Gasteiger partial charge in [0, 0.05) is 25.3 Å². The van der Waals surface area contributed by atoms with E-state index in [1.54, 1.807) is 0 Å². The number of nitrogens with zero attached hydrogens (tertiary/aromatic N) is 2. The molecule has 21 heavy (non-hydrogen) atoms. The van der Waals surface area contributed by atoms with Gasteiger partial charge < -0.3 is 0 Å². The number of sulfonamides is 2. The van der Waals surface area contributed by atoms with Crippen LogP contribution in [0.15, 0.2) is 17.3 Å². The minimum Gasteiger partial charge on any atom is -0.284 e. The maximum atomic E-state index is 12.0. The number of H-pyrrole nitrogens is 1. The highest BCUT2D eigenvalue weighted by molar-refractivity contribution is 7.89. The summed E-state index contributed by atoms with van der Waals surface area (Å²) in [5, 5.41) is 6.07. The molecule has 2 N–H and O–H groups in total. The van der Waals surface area contributed by atoms with E-state index in [0.717, 1.165) is 0 Å². The summed E-state index contributed by atoms with van der Waals surface area (Å²) in [6, 6.07) is -0.252. The van der Waals surface area contributed by atoms with E-state index >= 15 is 0 Å². The molecule has 0 aliphatic carbocycles. The second kappa shape index (κ2) is 6.42. The van der Waals surface area contributed by atoms with E-state index in [0.29, 0.717) is 32.4 Å². The van der Waals surface area contributed by atoms with Gasteiger partial charge in [-0.25, -0.2) is 25.9 Å². The zero-order chi connectivity index (χ0) is 15.5. The van der Waals surface area contributed by atoms with E-state index in [4.69, 9.17) is 0 Å². The molecule has 0 aromatic carbocycles. The summed E-state index contributed by atoms with van der Waals surface area (Å²) in [4.78, 5) is 0.0866. The predicted octanol–water partition coefficient (Wildman–Crippen LogP) is -0.108. The van der Waals surface area contributed by atoms with E-state index in [9.17, 15) is 16.8 Å². The van der Waals surface area contributed by atoms with Crippen molar-refractivity contribution in [2.45, 2.75) is 37.1 Å². The Kier molecular flexibility index (Phi) is 5.02. The second-order valence-electron chi connectivity index (χ2n) is 5.04. The van der Waals surface area contributed by atoms with Crippen LogP contribution in [0, 0.1) is 0 Å². The van der Waals surface area contributed by atoms with E-state index in [2.05, 4.69) is 14.9 Å². The van der Waals surface area contributed by atoms with Gasteiger partial charge in [-0.1, -0.05) is 6.92 Å². The van der Waals surface area contributed by atoms with Gasteiger partial charge in [-0.3, -0.25) is 5.10 Å². The van der Waals surface area contributed by atoms with Gasteiger partial charge in [-0.05, 0) is 19.3 Å². The van der Waals surface area contributed by atoms with E-state index in [1.807, 2.05) is 6.92 Å². The summed E-state index contributed by atoms with van der Waals surface area (Å²) in [7, 11) is -6.79. The number of hydrogen-bond acceptors (Lipinski definition) is 5. The Hall–Kier alpha value is -0.970. The van der Waals surface area contributed by atoms with Crippen LogP contribution in [0.1, 0.15) is 26.2 Å². The van der Waals surface area contributed by atoms with Crippen LogP contribution in [0.2, 0.25) is 0 Å². The zero-order valence-electron chi connectivity index (χ0n) is 11.8. The summed E-state index contributed by atoms with van der Waals surface area (Å²) in [6.45, 7) is 2.52. The summed E-state index contributed by atoms with van der Waals surface area (Å²) in [5.41, 5.74) is 0. The van der Waals surface area contributed by atoms with Crippen LogP contribution in [-0.4, -0.2) is 56.2 Å². The Morgan fingerprint density at radius 2 is 2.00 bits per heavy atom. The first kappa shape index (κ1) is 16.4. The molecule has 1 fully saturated rings. The fourth-order valence-corrected chi connectivity index (χ4v) is 5.06. The quantitative estimate of drug-likeness (QED) is 0.753. The van der Waals surface area contributed by atoms with Crippen molar-refractivity contribution in [1.29, 1.82) is 0 Å². The van der Waals surface area contributed by atoms with Crippen molar-refractivity contribution in [2.24, 2.45) is 0 Å². The fourth-order valence-electron chi connectivity index (χ4n) is 2.31. The Labute approximate surface area is 125 Å². The van der Waals surface area contributed by atoms with Gasteiger partial charge in [0.25, 0.3) is 0 Å². The van der Waals surface area contributed by atoms with Crippen molar-refractivity contribution in [3.63, 3.8) is 0 Å². The summed E-state index contributed by atoms with van der Waals surface area (Å²) in [5.74, 6) is 0.137. The van der Waals surface area contributed by atoms with Crippen LogP contribution >= 0.6 is 0 Å². The highest BCUT2D eigenvalue weighted by Gasteiger charge is 2.29. The van der Waals surface area contributed by atoms with Crippen LogP contribution < -0.4 is 4.72 Å². The lowest BCUT2D eigenvalue weighted by atomic mass is 10.1. The van der Waals surface area contributed by atoms with E-state index in [-0.39, 0.29) is 16.7 Å². The lowest BCUT2D eigenvalue weighted by Gasteiger charge is -2.31. The van der Waals surface area contributed by atoms with Crippen molar-refractivity contribution in [1.82, 2.24) is 19.2 Å². The average molecular weight is 336 g/mol. The molecule has 1 aliphatic heterocycles. The molecule has 120 valence electrons. The summed E-state index contributed by atoms with van der Waals surface area (Å²) >= 11 is 0. The third-order valence-corrected chi connectivity index (χ3v) is 6.98. The molecule has 2 heterocycles. The number of hydrogen-bond donors (Lipinski definition) is 2. The molecule has 1 aromatic rings. The van der Waals surface area contributed by atoms with Crippen molar-refractivity contribution in [3.05, 3.63) is 12.4 Å². The SMILES string of the molecule is CCCS(=O)(=O)N1CCC(NS(=O)(=O)c2cn[nH]c2)CC1. The van der Waals surface area contributed by atoms with Crippen LogP contribution in [0.25, 0.3) is 0 Å². The normalized spacial score (nSPS) is 18.9. The molecule has 2 rings (SSSR count). The minimum atomic E-state index is -3.59. The van der Waals surface area contributed by atoms with Crippen LogP contribution in [0.4, 0.5) is 0 Å². The molecule has 8 nitrogen and oxygen atoms in total. The molecule has 1 saturated heterocycles. The van der Waals surface area contributed by atoms with Gasteiger partial charge in [-0.15, -0.1) is 0 Å². The van der Waals surface area contributed by atoms with Crippen LogP contribution in [0.3, 0.4) is 0 Å². The van der Waals surface area contributed by atoms with Gasteiger partial charge in [-0.2, -0.15) is 5.10 Å². The molecule has 0 unspecified atom stereocenters. The Morgan fingerprint density at radius 1 is 1.33 bits per heavy atom. The minimum absolute atomic E-state index is 0.0866. The van der Waals surface area contributed by atoms with E-state index in [1.165, 1.54) is 16.7 Å². The lowest BCUT2D eigenvalue weighted by molar-refractivity contribution is 0.308. The molecule has 1 aromatic heterocycles. The van der Waals surface area contributed by atoms with E-state index < -0.39 is 20.0 Å². The predicted molar refractivity (Wildman–Crippen MR) is 77.6 cm³/mol. The molecular formula is C11H20N4O4S2. The fraction of sp³-hybridized carbons (Fsp3) is 0.727. The van der Waals surface area contributed by atoms with Gasteiger partial charge in [0.15, 0.2) is 0 Å². The molecule has 0 amide bonds. The molecular weight excluding hydrogens is 316 g/mol. The molecule has 0 saturated carbocycles. The standard InChI is InChI=1S/C11H20N4O4S2/c1-2-7-20(16,17)15-5-3-10(4-6-15)14-21(18,19)11-8-12-13-9-11/h8-10,14H,2-7H2,1H3,(H,12,13). The lowest BCUT2D eigenvalue weighted by Crippen LogP contribution is -2.46. The molecule has 1 aliphatic rings. The zero-order valence-corrected chi connectivity index (χ0v) is 13.5. The maximum absolute atomic E-state index is 12.0. The number of nitrogens with one attached hydrogen (secondary N) is 2. The van der Waals surface area contributed by atoms with Gasteiger partial charge in [0.05, 0.1) is 11.9 Å². The Balaban J connectivity index is 1.93. The smallest absolute Gasteiger partial charge is 0.243 e. The summed E-state index contributed by atoms with van der Waals surface area (Å²) in [6.07, 6.45) is 4.07. The monoisotopic (exact) mass is 336 g/mol. The van der Waals surface area contributed by atoms with Crippen molar-refractivity contribution < 1.29 is 16.8 Å². The Morgan fingerprint density at radius 3 is 2.52 bits per heavy atom. The van der Waals surface area contributed by atoms with Gasteiger partial charge >= 0.3 is 0 Å². The molecule has 0 radical (unpaired) electrons. The maximum Gasteiger partial charge on any atom is 0.243 e. The first-order valence-corrected chi connectivity index (χ1v) is 9.93. The number of rotatable bonds is 6. The second-order valence-corrected chi connectivity index (χ2v) is 8.85. The topological polar surface area (TPSA) is 112 Å². The molecule has 10 heteroatoms. The summed E-state index contributed by atoms with van der Waals surface area (Å²) < 4.78 is 52.0. The first-order chi connectivity index (χ1) is 9.85. The van der Waals surface area contributed by atoms with Crippen molar-refractivity contribution in [2.75, 3.05) is 18.8 Å². The largest absolute Gasteiger partial charge is 0.284 e. The first-order valence-electron chi connectivity index (χ1n) is 6.84. The average Bonchev–Trinajstić information content (AvgIpc) is 2.93. The van der Waals surface area contributed by atoms with Crippen LogP contribution in [-0.2, 0) is 20.0 Å². The Bertz CT molecular complexity index is 646. The molecule has 0 bridgehead atoms. The third-order valence-electron chi connectivity index (χ3n) is 3.41. The number of aromatic amines is 1. The van der Waals surface area contributed by atoms with Crippen molar-refractivity contribution >= 4 is 20.0 Å². The molecule has 0 atom stereocenters. The molecule has 0 spiro atoms. The van der Waals surface area contributed by atoms with Gasteiger partial charge in [0.2, 0.25) is 20.0 Å². The highest BCUT2D eigenvalue weighted by Crippen LogP contribution is 2.17. The highest BCUT2D eigenvalue weighted by atomic mass is 32.2.